The zero-order chi connectivity index (χ0) is 11.2. The van der Waals surface area contributed by atoms with Gasteiger partial charge in [0, 0.05) is 6.61 Å². The van der Waals surface area contributed by atoms with E-state index in [1.807, 2.05) is 0 Å². The van der Waals surface area contributed by atoms with Gasteiger partial charge in [0.15, 0.2) is 0 Å². The second-order valence-corrected chi connectivity index (χ2v) is 5.18. The molecule has 2 unspecified atom stereocenters. The highest BCUT2D eigenvalue weighted by molar-refractivity contribution is 5.06. The normalized spacial score (nSPS) is 27.8. The van der Waals surface area contributed by atoms with Crippen LogP contribution in [0.5, 0.6) is 0 Å². The van der Waals surface area contributed by atoms with Crippen LogP contribution in [0.4, 0.5) is 0 Å². The topological polar surface area (TPSA) is 29.5 Å². The summed E-state index contributed by atoms with van der Waals surface area (Å²) in [7, 11) is 0. The molecule has 0 bridgehead atoms. The van der Waals surface area contributed by atoms with E-state index in [9.17, 15) is 5.11 Å². The Balaban J connectivity index is 1.63. The average Bonchev–Trinajstić information content (AvgIpc) is 2.81. The van der Waals surface area contributed by atoms with Gasteiger partial charge in [0.25, 0.3) is 0 Å². The summed E-state index contributed by atoms with van der Waals surface area (Å²) in [6.07, 6.45) is 12.9. The van der Waals surface area contributed by atoms with E-state index >= 15 is 0 Å². The quantitative estimate of drug-likeness (QED) is 0.727. The molecule has 0 aromatic carbocycles. The van der Waals surface area contributed by atoms with Crippen molar-refractivity contribution in [2.75, 3.05) is 6.61 Å². The number of hydrogen-bond acceptors (Lipinski definition) is 2. The van der Waals surface area contributed by atoms with Crippen molar-refractivity contribution in [3.05, 3.63) is 11.6 Å². The molecule has 0 radical (unpaired) electrons. The predicted octanol–water partition coefficient (Wildman–Crippen LogP) is 3.20. The van der Waals surface area contributed by atoms with Crippen LogP contribution in [0.3, 0.4) is 0 Å². The zero-order valence-corrected chi connectivity index (χ0v) is 10.2. The SMILES string of the molecule is OC(CCC1CCCO1)CC1=CCCCC1. The molecular formula is C14H24O2. The molecule has 0 aromatic heterocycles. The maximum atomic E-state index is 9.97. The molecule has 2 rings (SSSR count). The summed E-state index contributed by atoms with van der Waals surface area (Å²) in [5.41, 5.74) is 1.48. The second-order valence-electron chi connectivity index (χ2n) is 5.18. The summed E-state index contributed by atoms with van der Waals surface area (Å²) >= 11 is 0. The molecule has 1 saturated heterocycles. The molecule has 1 aliphatic heterocycles. The third kappa shape index (κ3) is 3.91. The molecule has 0 saturated carbocycles. The summed E-state index contributed by atoms with van der Waals surface area (Å²) in [4.78, 5) is 0. The van der Waals surface area contributed by atoms with Gasteiger partial charge in [0.05, 0.1) is 12.2 Å². The van der Waals surface area contributed by atoms with Gasteiger partial charge in [0.1, 0.15) is 0 Å². The lowest BCUT2D eigenvalue weighted by molar-refractivity contribution is 0.0810. The van der Waals surface area contributed by atoms with E-state index in [2.05, 4.69) is 6.08 Å². The van der Waals surface area contributed by atoms with Crippen molar-refractivity contribution in [1.29, 1.82) is 0 Å². The molecule has 1 fully saturated rings. The molecule has 0 spiro atoms. The molecule has 2 atom stereocenters. The lowest BCUT2D eigenvalue weighted by atomic mass is 9.93. The van der Waals surface area contributed by atoms with Gasteiger partial charge >= 0.3 is 0 Å². The van der Waals surface area contributed by atoms with Gasteiger partial charge in [-0.1, -0.05) is 11.6 Å². The first-order valence-corrected chi connectivity index (χ1v) is 6.82. The number of aliphatic hydroxyl groups excluding tert-OH is 1. The summed E-state index contributed by atoms with van der Waals surface area (Å²) in [5.74, 6) is 0. The molecule has 0 amide bonds. The maximum absolute atomic E-state index is 9.97. The first-order chi connectivity index (χ1) is 7.84. The fourth-order valence-electron chi connectivity index (χ4n) is 2.75. The van der Waals surface area contributed by atoms with Gasteiger partial charge in [-0.25, -0.2) is 0 Å². The molecule has 2 nitrogen and oxygen atoms in total. The second kappa shape index (κ2) is 6.41. The van der Waals surface area contributed by atoms with Crippen LogP contribution in [-0.4, -0.2) is 23.9 Å². The smallest absolute Gasteiger partial charge is 0.0578 e. The Morgan fingerprint density at radius 1 is 1.38 bits per heavy atom. The van der Waals surface area contributed by atoms with Crippen molar-refractivity contribution < 1.29 is 9.84 Å². The number of allylic oxidation sites excluding steroid dienone is 1. The lowest BCUT2D eigenvalue weighted by Crippen LogP contribution is -2.13. The summed E-state index contributed by atoms with van der Waals surface area (Å²) < 4.78 is 5.57. The lowest BCUT2D eigenvalue weighted by Gasteiger charge is -2.17. The summed E-state index contributed by atoms with van der Waals surface area (Å²) in [6, 6.07) is 0. The van der Waals surface area contributed by atoms with Crippen molar-refractivity contribution in [2.45, 2.75) is 70.0 Å². The maximum Gasteiger partial charge on any atom is 0.0578 e. The Hall–Kier alpha value is -0.340. The van der Waals surface area contributed by atoms with E-state index < -0.39 is 0 Å². The molecule has 1 N–H and O–H groups in total. The van der Waals surface area contributed by atoms with Crippen molar-refractivity contribution in [3.8, 4) is 0 Å². The van der Waals surface area contributed by atoms with Crippen molar-refractivity contribution in [2.24, 2.45) is 0 Å². The molecule has 2 aliphatic rings. The van der Waals surface area contributed by atoms with Gasteiger partial charge in [-0.3, -0.25) is 0 Å². The van der Waals surface area contributed by atoms with Crippen LogP contribution in [0.15, 0.2) is 11.6 Å². The highest BCUT2D eigenvalue weighted by Gasteiger charge is 2.17. The molecule has 1 aliphatic carbocycles. The summed E-state index contributed by atoms with van der Waals surface area (Å²) in [6.45, 7) is 0.923. The fourth-order valence-corrected chi connectivity index (χ4v) is 2.75. The van der Waals surface area contributed by atoms with E-state index in [4.69, 9.17) is 4.74 Å². The van der Waals surface area contributed by atoms with E-state index in [0.717, 1.165) is 25.9 Å². The monoisotopic (exact) mass is 224 g/mol. The first-order valence-electron chi connectivity index (χ1n) is 6.82. The average molecular weight is 224 g/mol. The van der Waals surface area contributed by atoms with Gasteiger partial charge in [0.2, 0.25) is 0 Å². The number of rotatable bonds is 5. The largest absolute Gasteiger partial charge is 0.393 e. The van der Waals surface area contributed by atoms with Crippen LogP contribution in [0.2, 0.25) is 0 Å². The highest BCUT2D eigenvalue weighted by atomic mass is 16.5. The number of aliphatic hydroxyl groups is 1. The fraction of sp³-hybridized carbons (Fsp3) is 0.857. The summed E-state index contributed by atoms with van der Waals surface area (Å²) in [5, 5.41) is 9.97. The third-order valence-electron chi connectivity index (χ3n) is 3.73. The van der Waals surface area contributed by atoms with Gasteiger partial charge in [-0.15, -0.1) is 0 Å². The van der Waals surface area contributed by atoms with E-state index in [-0.39, 0.29) is 6.10 Å². The van der Waals surface area contributed by atoms with E-state index in [1.54, 1.807) is 0 Å². The number of hydrogen-bond donors (Lipinski definition) is 1. The first kappa shape index (κ1) is 12.1. The third-order valence-corrected chi connectivity index (χ3v) is 3.73. The Labute approximate surface area is 98.7 Å². The van der Waals surface area contributed by atoms with E-state index in [1.165, 1.54) is 44.1 Å². The van der Waals surface area contributed by atoms with Gasteiger partial charge < -0.3 is 9.84 Å². The molecule has 1 heterocycles. The van der Waals surface area contributed by atoms with Crippen LogP contribution >= 0.6 is 0 Å². The Morgan fingerprint density at radius 3 is 3.00 bits per heavy atom. The molecular weight excluding hydrogens is 200 g/mol. The Morgan fingerprint density at radius 2 is 2.31 bits per heavy atom. The van der Waals surface area contributed by atoms with E-state index in [0.29, 0.717) is 6.10 Å². The minimum atomic E-state index is -0.145. The van der Waals surface area contributed by atoms with Crippen LogP contribution < -0.4 is 0 Å². The minimum Gasteiger partial charge on any atom is -0.393 e. The molecule has 92 valence electrons. The van der Waals surface area contributed by atoms with Crippen LogP contribution in [0, 0.1) is 0 Å². The highest BCUT2D eigenvalue weighted by Crippen LogP contribution is 2.24. The Kier molecular flexibility index (Phi) is 4.86. The van der Waals surface area contributed by atoms with Gasteiger partial charge in [-0.2, -0.15) is 0 Å². The van der Waals surface area contributed by atoms with Crippen LogP contribution in [0.25, 0.3) is 0 Å². The molecule has 2 heteroatoms. The number of ether oxygens (including phenoxy) is 1. The van der Waals surface area contributed by atoms with Crippen molar-refractivity contribution in [1.82, 2.24) is 0 Å². The van der Waals surface area contributed by atoms with Crippen LogP contribution in [-0.2, 0) is 4.74 Å². The van der Waals surface area contributed by atoms with Crippen molar-refractivity contribution in [3.63, 3.8) is 0 Å². The molecule has 0 aromatic rings. The van der Waals surface area contributed by atoms with Crippen LogP contribution in [0.1, 0.15) is 57.8 Å². The predicted molar refractivity (Wildman–Crippen MR) is 65.4 cm³/mol. The standard InChI is InChI=1S/C14H24O2/c15-13(8-9-14-7-4-10-16-14)11-12-5-2-1-3-6-12/h5,13-15H,1-4,6-11H2. The zero-order valence-electron chi connectivity index (χ0n) is 10.2. The van der Waals surface area contributed by atoms with Crippen molar-refractivity contribution >= 4 is 0 Å². The minimum absolute atomic E-state index is 0.145. The van der Waals surface area contributed by atoms with Gasteiger partial charge in [-0.05, 0) is 57.8 Å². The molecule has 16 heavy (non-hydrogen) atoms. The Bertz CT molecular complexity index is 229.